The Balaban J connectivity index is 1.57. The zero-order valence-electron chi connectivity index (χ0n) is 15.4. The summed E-state index contributed by atoms with van der Waals surface area (Å²) in [5.74, 6) is 2.60. The van der Waals surface area contributed by atoms with Gasteiger partial charge in [0, 0.05) is 10.6 Å². The average molecular weight is 368 g/mol. The molecule has 5 heteroatoms. The second-order valence-electron chi connectivity index (χ2n) is 7.11. The van der Waals surface area contributed by atoms with Gasteiger partial charge < -0.3 is 10.1 Å². The van der Waals surface area contributed by atoms with Gasteiger partial charge in [-0.3, -0.25) is 0 Å². The Morgan fingerprint density at radius 1 is 1.23 bits per heavy atom. The SMILES string of the molecule is CCCCOc1ccc(Nc2ncnc3sc4c(c23)CC[C@@H](C)C4)cc1. The molecule has 26 heavy (non-hydrogen) atoms. The molecule has 3 aromatic rings. The van der Waals surface area contributed by atoms with Crippen LogP contribution >= 0.6 is 11.3 Å². The van der Waals surface area contributed by atoms with Gasteiger partial charge in [0.1, 0.15) is 22.7 Å². The van der Waals surface area contributed by atoms with E-state index in [-0.39, 0.29) is 0 Å². The average Bonchev–Trinajstić information content (AvgIpc) is 3.02. The fraction of sp³-hybridized carbons (Fsp3) is 0.429. The first-order chi connectivity index (χ1) is 12.7. The maximum absolute atomic E-state index is 5.74. The highest BCUT2D eigenvalue weighted by Crippen LogP contribution is 2.40. The van der Waals surface area contributed by atoms with Crippen molar-refractivity contribution >= 4 is 33.1 Å². The van der Waals surface area contributed by atoms with Gasteiger partial charge >= 0.3 is 0 Å². The van der Waals surface area contributed by atoms with Gasteiger partial charge in [-0.15, -0.1) is 11.3 Å². The van der Waals surface area contributed by atoms with Gasteiger partial charge in [0.05, 0.1) is 12.0 Å². The van der Waals surface area contributed by atoms with Crippen molar-refractivity contribution in [2.75, 3.05) is 11.9 Å². The van der Waals surface area contributed by atoms with E-state index in [9.17, 15) is 0 Å². The topological polar surface area (TPSA) is 47.0 Å². The normalized spacial score (nSPS) is 16.5. The predicted molar refractivity (Wildman–Crippen MR) is 109 cm³/mol. The number of hydrogen-bond donors (Lipinski definition) is 1. The molecular formula is C21H25N3OS. The first-order valence-corrected chi connectivity index (χ1v) is 10.3. The largest absolute Gasteiger partial charge is 0.494 e. The van der Waals surface area contributed by atoms with Crippen LogP contribution in [0.4, 0.5) is 11.5 Å². The number of nitrogens with one attached hydrogen (secondary N) is 1. The summed E-state index contributed by atoms with van der Waals surface area (Å²) in [7, 11) is 0. The molecule has 0 bridgehead atoms. The van der Waals surface area contributed by atoms with Gasteiger partial charge in [0.25, 0.3) is 0 Å². The van der Waals surface area contributed by atoms with E-state index in [4.69, 9.17) is 4.74 Å². The lowest BCUT2D eigenvalue weighted by molar-refractivity contribution is 0.309. The van der Waals surface area contributed by atoms with E-state index >= 15 is 0 Å². The zero-order chi connectivity index (χ0) is 17.9. The lowest BCUT2D eigenvalue weighted by Gasteiger charge is -2.18. The number of aromatic nitrogens is 2. The molecule has 1 aliphatic rings. The van der Waals surface area contributed by atoms with Crippen LogP contribution in [-0.4, -0.2) is 16.6 Å². The van der Waals surface area contributed by atoms with E-state index in [1.807, 2.05) is 23.5 Å². The third-order valence-corrected chi connectivity index (χ3v) is 6.14. The summed E-state index contributed by atoms with van der Waals surface area (Å²) in [4.78, 5) is 11.6. The number of ether oxygens (including phenoxy) is 1. The van der Waals surface area contributed by atoms with Crippen LogP contribution in [0.3, 0.4) is 0 Å². The highest BCUT2D eigenvalue weighted by atomic mass is 32.1. The van der Waals surface area contributed by atoms with Gasteiger partial charge in [-0.1, -0.05) is 20.3 Å². The lowest BCUT2D eigenvalue weighted by atomic mass is 9.89. The number of nitrogens with zero attached hydrogens (tertiary/aromatic N) is 2. The summed E-state index contributed by atoms with van der Waals surface area (Å²) >= 11 is 1.83. The molecule has 0 amide bonds. The maximum atomic E-state index is 5.74. The van der Waals surface area contributed by atoms with Crippen molar-refractivity contribution in [1.29, 1.82) is 0 Å². The summed E-state index contributed by atoms with van der Waals surface area (Å²) in [5, 5.41) is 4.70. The third-order valence-electron chi connectivity index (χ3n) is 4.98. The molecule has 1 aromatic carbocycles. The van der Waals surface area contributed by atoms with Gasteiger partial charge in [-0.05, 0) is 61.4 Å². The van der Waals surface area contributed by atoms with E-state index < -0.39 is 0 Å². The number of fused-ring (bicyclic) bond motifs is 3. The van der Waals surface area contributed by atoms with Gasteiger partial charge in [-0.2, -0.15) is 0 Å². The van der Waals surface area contributed by atoms with Crippen molar-refractivity contribution in [3.05, 3.63) is 41.0 Å². The van der Waals surface area contributed by atoms with Crippen molar-refractivity contribution in [2.24, 2.45) is 5.92 Å². The van der Waals surface area contributed by atoms with Crippen molar-refractivity contribution < 1.29 is 4.74 Å². The van der Waals surface area contributed by atoms with Crippen molar-refractivity contribution in [3.8, 4) is 5.75 Å². The summed E-state index contributed by atoms with van der Waals surface area (Å²) in [5.41, 5.74) is 2.47. The Hall–Kier alpha value is -2.14. The minimum Gasteiger partial charge on any atom is -0.494 e. The molecule has 2 heterocycles. The standard InChI is InChI=1S/C21H25N3OS/c1-3-4-11-25-16-8-6-15(7-9-16)24-20-19-17-10-5-14(2)12-18(17)26-21(19)23-13-22-20/h6-9,13-14H,3-5,10-12H2,1-2H3,(H,22,23,24)/t14-/m1/s1. The Morgan fingerprint density at radius 3 is 2.88 bits per heavy atom. The van der Waals surface area contributed by atoms with Gasteiger partial charge in [-0.25, -0.2) is 9.97 Å². The first kappa shape index (κ1) is 17.3. The number of thiophene rings is 1. The van der Waals surface area contributed by atoms with E-state index in [0.717, 1.165) is 53.9 Å². The highest BCUT2D eigenvalue weighted by molar-refractivity contribution is 7.19. The predicted octanol–water partition coefficient (Wildman–Crippen LogP) is 5.74. The van der Waals surface area contributed by atoms with E-state index in [1.54, 1.807) is 6.33 Å². The molecule has 0 saturated heterocycles. The fourth-order valence-corrected chi connectivity index (χ4v) is 4.83. The van der Waals surface area contributed by atoms with E-state index in [1.165, 1.54) is 28.7 Å². The molecule has 1 atom stereocenters. The quantitative estimate of drug-likeness (QED) is 0.564. The smallest absolute Gasteiger partial charge is 0.142 e. The molecule has 136 valence electrons. The summed E-state index contributed by atoms with van der Waals surface area (Å²) in [6.45, 7) is 5.28. The second kappa shape index (κ2) is 7.62. The number of benzene rings is 1. The van der Waals surface area contributed by atoms with Crippen molar-refractivity contribution in [3.63, 3.8) is 0 Å². The van der Waals surface area contributed by atoms with E-state index in [2.05, 4.69) is 41.3 Å². The van der Waals surface area contributed by atoms with Gasteiger partial charge in [0.15, 0.2) is 0 Å². The molecule has 4 nitrogen and oxygen atoms in total. The summed E-state index contributed by atoms with van der Waals surface area (Å²) in [6, 6.07) is 8.13. The summed E-state index contributed by atoms with van der Waals surface area (Å²) in [6.07, 6.45) is 7.44. The minimum atomic E-state index is 0.764. The second-order valence-corrected chi connectivity index (χ2v) is 8.19. The molecule has 0 radical (unpaired) electrons. The lowest BCUT2D eigenvalue weighted by Crippen LogP contribution is -2.09. The fourth-order valence-electron chi connectivity index (χ4n) is 3.48. The van der Waals surface area contributed by atoms with Crippen LogP contribution in [0.5, 0.6) is 5.75 Å². The Kier molecular flexibility index (Phi) is 5.07. The van der Waals surface area contributed by atoms with E-state index in [0.29, 0.717) is 0 Å². The Morgan fingerprint density at radius 2 is 2.08 bits per heavy atom. The van der Waals surface area contributed by atoms with Crippen LogP contribution < -0.4 is 10.1 Å². The Labute approximate surface area is 158 Å². The van der Waals surface area contributed by atoms with Crippen LogP contribution in [-0.2, 0) is 12.8 Å². The molecule has 0 fully saturated rings. The summed E-state index contributed by atoms with van der Waals surface area (Å²) < 4.78 is 5.74. The molecule has 0 spiro atoms. The zero-order valence-corrected chi connectivity index (χ0v) is 16.2. The van der Waals surface area contributed by atoms with Crippen LogP contribution in [0.25, 0.3) is 10.2 Å². The molecule has 0 aliphatic heterocycles. The molecule has 0 saturated carbocycles. The molecule has 1 N–H and O–H groups in total. The number of unbranched alkanes of at least 4 members (excludes halogenated alkanes) is 1. The first-order valence-electron chi connectivity index (χ1n) is 9.49. The number of aryl methyl sites for hydroxylation is 1. The number of hydrogen-bond acceptors (Lipinski definition) is 5. The van der Waals surface area contributed by atoms with Crippen LogP contribution in [0.15, 0.2) is 30.6 Å². The number of anilines is 2. The molecular weight excluding hydrogens is 342 g/mol. The molecule has 0 unspecified atom stereocenters. The van der Waals surface area contributed by atoms with Crippen LogP contribution in [0.2, 0.25) is 0 Å². The molecule has 2 aromatic heterocycles. The van der Waals surface area contributed by atoms with Crippen molar-refractivity contribution in [2.45, 2.75) is 46.0 Å². The monoisotopic (exact) mass is 367 g/mol. The van der Waals surface area contributed by atoms with Gasteiger partial charge in [0.2, 0.25) is 0 Å². The Bertz CT molecular complexity index is 888. The maximum Gasteiger partial charge on any atom is 0.142 e. The third kappa shape index (κ3) is 3.54. The molecule has 4 rings (SSSR count). The van der Waals surface area contributed by atoms with Crippen molar-refractivity contribution in [1.82, 2.24) is 9.97 Å². The van der Waals surface area contributed by atoms with Crippen LogP contribution in [0, 0.1) is 5.92 Å². The minimum absolute atomic E-state index is 0.764. The highest BCUT2D eigenvalue weighted by Gasteiger charge is 2.23. The number of rotatable bonds is 6. The van der Waals surface area contributed by atoms with Crippen LogP contribution in [0.1, 0.15) is 43.6 Å². The molecule has 1 aliphatic carbocycles.